The Morgan fingerprint density at radius 3 is 2.72 bits per heavy atom. The van der Waals surface area contributed by atoms with Crippen LogP contribution in [0.15, 0.2) is 47.4 Å². The second-order valence-electron chi connectivity index (χ2n) is 9.59. The molecule has 2 fully saturated rings. The van der Waals surface area contributed by atoms with E-state index < -0.39 is 22.2 Å². The van der Waals surface area contributed by atoms with Gasteiger partial charge in [-0.15, -0.1) is 0 Å². The van der Waals surface area contributed by atoms with Gasteiger partial charge in [0, 0.05) is 36.3 Å². The SMILES string of the molecule is COc1cccc(S(=O)(=O)Nc2ccc3c(c2)[C@H]2C[C@@H](CC(=O)N4CCCCC4)O[C@H](CO)[C@H]2O3)c1. The minimum Gasteiger partial charge on any atom is -0.497 e. The Bertz CT molecular complexity index is 1210. The van der Waals surface area contributed by atoms with E-state index in [9.17, 15) is 18.3 Å². The molecular weight excluding hydrogens is 484 g/mol. The maximum atomic E-state index is 13.0. The van der Waals surface area contributed by atoms with Crippen LogP contribution in [-0.4, -0.2) is 69.4 Å². The second kappa shape index (κ2) is 10.3. The largest absolute Gasteiger partial charge is 0.497 e. The first kappa shape index (κ1) is 24.9. The number of nitrogens with zero attached hydrogens (tertiary/aromatic N) is 1. The molecule has 194 valence electrons. The summed E-state index contributed by atoms with van der Waals surface area (Å²) in [4.78, 5) is 14.9. The van der Waals surface area contributed by atoms with Crippen LogP contribution in [0, 0.1) is 0 Å². The number of anilines is 1. The lowest BCUT2D eigenvalue weighted by molar-refractivity contribution is -0.149. The van der Waals surface area contributed by atoms with E-state index in [1.54, 1.807) is 30.3 Å². The van der Waals surface area contributed by atoms with Crippen LogP contribution in [0.5, 0.6) is 11.5 Å². The molecule has 5 rings (SSSR count). The Morgan fingerprint density at radius 2 is 1.97 bits per heavy atom. The molecule has 0 radical (unpaired) electrons. The number of nitrogens with one attached hydrogen (secondary N) is 1. The summed E-state index contributed by atoms with van der Waals surface area (Å²) >= 11 is 0. The molecule has 0 bridgehead atoms. The molecule has 0 aliphatic carbocycles. The van der Waals surface area contributed by atoms with Crippen LogP contribution in [0.2, 0.25) is 0 Å². The van der Waals surface area contributed by atoms with Crippen molar-refractivity contribution in [2.24, 2.45) is 0 Å². The van der Waals surface area contributed by atoms with E-state index in [4.69, 9.17) is 14.2 Å². The molecule has 4 atom stereocenters. The molecular formula is C26H32N2O7S. The molecule has 3 heterocycles. The third-order valence-electron chi connectivity index (χ3n) is 7.21. The highest BCUT2D eigenvalue weighted by Gasteiger charge is 2.46. The van der Waals surface area contributed by atoms with Crippen LogP contribution in [-0.2, 0) is 19.6 Å². The van der Waals surface area contributed by atoms with Gasteiger partial charge in [-0.1, -0.05) is 6.07 Å². The Hall–Kier alpha value is -2.82. The maximum absolute atomic E-state index is 13.0. The van der Waals surface area contributed by atoms with E-state index in [1.807, 2.05) is 4.90 Å². The zero-order valence-electron chi connectivity index (χ0n) is 20.3. The van der Waals surface area contributed by atoms with Gasteiger partial charge in [-0.05, 0) is 56.0 Å². The summed E-state index contributed by atoms with van der Waals surface area (Å²) in [5.41, 5.74) is 1.26. The zero-order chi connectivity index (χ0) is 25.3. The zero-order valence-corrected chi connectivity index (χ0v) is 21.1. The van der Waals surface area contributed by atoms with Gasteiger partial charge in [0.15, 0.2) is 0 Å². The van der Waals surface area contributed by atoms with Crippen LogP contribution in [0.4, 0.5) is 5.69 Å². The summed E-state index contributed by atoms with van der Waals surface area (Å²) < 4.78 is 46.0. The van der Waals surface area contributed by atoms with Crippen molar-refractivity contribution >= 4 is 21.6 Å². The first-order valence-electron chi connectivity index (χ1n) is 12.4. The number of aliphatic hydroxyl groups is 1. The van der Waals surface area contributed by atoms with Crippen molar-refractivity contribution < 1.29 is 32.5 Å². The Labute approximate surface area is 211 Å². The summed E-state index contributed by atoms with van der Waals surface area (Å²) in [6.45, 7) is 1.34. The van der Waals surface area contributed by atoms with Crippen molar-refractivity contribution in [1.82, 2.24) is 4.90 Å². The number of hydrogen-bond acceptors (Lipinski definition) is 7. The predicted octanol–water partition coefficient (Wildman–Crippen LogP) is 2.89. The third-order valence-corrected chi connectivity index (χ3v) is 8.59. The first-order valence-corrected chi connectivity index (χ1v) is 13.9. The highest BCUT2D eigenvalue weighted by molar-refractivity contribution is 7.92. The third kappa shape index (κ3) is 5.02. The number of benzene rings is 2. The van der Waals surface area contributed by atoms with Gasteiger partial charge < -0.3 is 24.2 Å². The second-order valence-corrected chi connectivity index (χ2v) is 11.3. The van der Waals surface area contributed by atoms with Crippen molar-refractivity contribution in [2.45, 2.75) is 61.2 Å². The fourth-order valence-corrected chi connectivity index (χ4v) is 6.49. The number of hydrogen-bond donors (Lipinski definition) is 2. The molecule has 2 N–H and O–H groups in total. The van der Waals surface area contributed by atoms with Gasteiger partial charge in [-0.2, -0.15) is 0 Å². The number of sulfonamides is 1. The summed E-state index contributed by atoms with van der Waals surface area (Å²) in [5.74, 6) is 1.05. The summed E-state index contributed by atoms with van der Waals surface area (Å²) in [7, 11) is -2.35. The van der Waals surface area contributed by atoms with Crippen molar-refractivity contribution in [3.63, 3.8) is 0 Å². The number of fused-ring (bicyclic) bond motifs is 3. The van der Waals surface area contributed by atoms with Crippen molar-refractivity contribution in [3.05, 3.63) is 48.0 Å². The Balaban J connectivity index is 1.34. The molecule has 2 saturated heterocycles. The number of amides is 1. The smallest absolute Gasteiger partial charge is 0.262 e. The van der Waals surface area contributed by atoms with E-state index in [2.05, 4.69) is 4.72 Å². The quantitative estimate of drug-likeness (QED) is 0.582. The number of carbonyl (C=O) groups is 1. The molecule has 1 amide bonds. The number of carbonyl (C=O) groups excluding carboxylic acids is 1. The van der Waals surface area contributed by atoms with Crippen molar-refractivity contribution in [2.75, 3.05) is 31.5 Å². The lowest BCUT2D eigenvalue weighted by Crippen LogP contribution is -2.48. The number of methoxy groups -OCH3 is 1. The molecule has 9 nitrogen and oxygen atoms in total. The van der Waals surface area contributed by atoms with Gasteiger partial charge in [0.2, 0.25) is 5.91 Å². The maximum Gasteiger partial charge on any atom is 0.262 e. The summed E-state index contributed by atoms with van der Waals surface area (Å²) in [5, 5.41) is 9.99. The molecule has 0 unspecified atom stereocenters. The monoisotopic (exact) mass is 516 g/mol. The minimum atomic E-state index is -3.83. The standard InChI is InChI=1S/C26H32N2O7S/c1-33-18-6-5-7-20(13-18)36(31,32)27-17-8-9-23-21(12-17)22-14-19(34-24(16-29)26(22)35-23)15-25(30)28-10-3-2-4-11-28/h5-9,12-13,19,22,24,26-27,29H,2-4,10-11,14-16H2,1H3/t19-,22+,24+,26-/m0/s1. The average Bonchev–Trinajstić information content (AvgIpc) is 3.26. The molecule has 3 aliphatic heterocycles. The minimum absolute atomic E-state index is 0.0776. The fourth-order valence-electron chi connectivity index (χ4n) is 5.40. The Kier molecular flexibility index (Phi) is 7.09. The molecule has 2 aromatic carbocycles. The number of piperidine rings is 1. The molecule has 36 heavy (non-hydrogen) atoms. The lowest BCUT2D eigenvalue weighted by Gasteiger charge is -2.38. The number of rotatable bonds is 7. The normalized spacial score (nSPS) is 25.4. The topological polar surface area (TPSA) is 114 Å². The molecule has 10 heteroatoms. The van der Waals surface area contributed by atoms with Gasteiger partial charge in [-0.25, -0.2) is 8.42 Å². The van der Waals surface area contributed by atoms with Crippen LogP contribution < -0.4 is 14.2 Å². The number of aliphatic hydroxyl groups excluding tert-OH is 1. The molecule has 2 aromatic rings. The molecule has 0 aromatic heterocycles. The van der Waals surface area contributed by atoms with E-state index in [1.165, 1.54) is 19.2 Å². The van der Waals surface area contributed by atoms with Gasteiger partial charge in [0.05, 0.1) is 31.1 Å². The van der Waals surface area contributed by atoms with E-state index in [0.717, 1.165) is 37.9 Å². The molecule has 3 aliphatic rings. The van der Waals surface area contributed by atoms with Crippen LogP contribution in [0.1, 0.15) is 43.6 Å². The predicted molar refractivity (Wildman–Crippen MR) is 133 cm³/mol. The van der Waals surface area contributed by atoms with Crippen LogP contribution in [0.25, 0.3) is 0 Å². The number of ether oxygens (including phenoxy) is 3. The van der Waals surface area contributed by atoms with E-state index in [0.29, 0.717) is 23.6 Å². The van der Waals surface area contributed by atoms with Crippen molar-refractivity contribution in [1.29, 1.82) is 0 Å². The molecule has 0 spiro atoms. The number of likely N-dealkylation sites (tertiary alicyclic amines) is 1. The van der Waals surface area contributed by atoms with Crippen LogP contribution >= 0.6 is 0 Å². The summed E-state index contributed by atoms with van der Waals surface area (Å²) in [6, 6.07) is 11.4. The van der Waals surface area contributed by atoms with E-state index in [-0.39, 0.29) is 35.9 Å². The van der Waals surface area contributed by atoms with Gasteiger partial charge in [-0.3, -0.25) is 9.52 Å². The van der Waals surface area contributed by atoms with Gasteiger partial charge >= 0.3 is 0 Å². The highest BCUT2D eigenvalue weighted by atomic mass is 32.2. The Morgan fingerprint density at radius 1 is 1.17 bits per heavy atom. The van der Waals surface area contributed by atoms with Gasteiger partial charge in [0.25, 0.3) is 10.0 Å². The average molecular weight is 517 g/mol. The van der Waals surface area contributed by atoms with Gasteiger partial charge in [0.1, 0.15) is 23.7 Å². The molecule has 0 saturated carbocycles. The summed E-state index contributed by atoms with van der Waals surface area (Å²) in [6.07, 6.45) is 2.72. The van der Waals surface area contributed by atoms with E-state index >= 15 is 0 Å². The highest BCUT2D eigenvalue weighted by Crippen LogP contribution is 2.47. The fraction of sp³-hybridized carbons (Fsp3) is 0.500. The lowest BCUT2D eigenvalue weighted by atomic mass is 9.84. The van der Waals surface area contributed by atoms with Crippen molar-refractivity contribution in [3.8, 4) is 11.5 Å². The first-order chi connectivity index (χ1) is 17.4. The van der Waals surface area contributed by atoms with Crippen LogP contribution in [0.3, 0.4) is 0 Å².